The van der Waals surface area contributed by atoms with Crippen molar-refractivity contribution < 1.29 is 24.2 Å². The molecule has 0 spiro atoms. The molecule has 1 atom stereocenters. The zero-order valence-corrected chi connectivity index (χ0v) is 19.5. The number of nitrogens with one attached hydrogen (secondary N) is 1. The lowest BCUT2D eigenvalue weighted by molar-refractivity contribution is 0.0696. The minimum atomic E-state index is -0.986. The van der Waals surface area contributed by atoms with Gasteiger partial charge < -0.3 is 24.8 Å². The van der Waals surface area contributed by atoms with E-state index in [0.29, 0.717) is 24.7 Å². The predicted molar refractivity (Wildman–Crippen MR) is 130 cm³/mol. The molecule has 9 heteroatoms. The smallest absolute Gasteiger partial charge is 0.335 e. The summed E-state index contributed by atoms with van der Waals surface area (Å²) in [6.07, 6.45) is 4.86. The largest absolute Gasteiger partial charge is 0.490 e. The minimum absolute atomic E-state index is 0.0237. The van der Waals surface area contributed by atoms with Crippen LogP contribution in [0.15, 0.2) is 60.9 Å². The van der Waals surface area contributed by atoms with Crippen LogP contribution in [-0.4, -0.2) is 52.8 Å². The van der Waals surface area contributed by atoms with Gasteiger partial charge in [-0.25, -0.2) is 14.8 Å². The quantitative estimate of drug-likeness (QED) is 0.482. The molecule has 182 valence electrons. The normalized spacial score (nSPS) is 15.3. The zero-order chi connectivity index (χ0) is 24.6. The van der Waals surface area contributed by atoms with Crippen LogP contribution in [0.2, 0.25) is 0 Å². The molecule has 1 aliphatic heterocycles. The fourth-order valence-electron chi connectivity index (χ4n) is 3.87. The van der Waals surface area contributed by atoms with Crippen LogP contribution in [0, 0.1) is 0 Å². The number of para-hydroxylation sites is 2. The lowest BCUT2D eigenvalue weighted by Crippen LogP contribution is -2.42. The van der Waals surface area contributed by atoms with Crippen LogP contribution in [0.1, 0.15) is 46.0 Å². The lowest BCUT2D eigenvalue weighted by Gasteiger charge is -2.33. The molecule has 1 amide bonds. The van der Waals surface area contributed by atoms with E-state index in [4.69, 9.17) is 14.6 Å². The molecular weight excluding hydrogens is 448 g/mol. The summed E-state index contributed by atoms with van der Waals surface area (Å²) in [5, 5.41) is 11.8. The van der Waals surface area contributed by atoms with Crippen molar-refractivity contribution in [2.45, 2.75) is 32.4 Å². The highest BCUT2D eigenvalue weighted by Gasteiger charge is 2.24. The van der Waals surface area contributed by atoms with E-state index < -0.39 is 5.97 Å². The fraction of sp³-hybridized carbons (Fsp3) is 0.308. The van der Waals surface area contributed by atoms with Gasteiger partial charge in [-0.3, -0.25) is 4.79 Å². The van der Waals surface area contributed by atoms with Crippen LogP contribution in [0.4, 0.5) is 5.95 Å². The summed E-state index contributed by atoms with van der Waals surface area (Å²) in [7, 11) is 0. The molecular formula is C26H28N4O5. The maximum absolute atomic E-state index is 12.5. The SMILES string of the molecule is CCOc1ccccc1OC1CCCN(c2ncc(C(=O)NCc3ccc(C(=O)O)cc3)cn2)C1. The number of hydrogen-bond acceptors (Lipinski definition) is 7. The third kappa shape index (κ3) is 6.26. The number of ether oxygens (including phenoxy) is 2. The first-order valence-corrected chi connectivity index (χ1v) is 11.6. The highest BCUT2D eigenvalue weighted by molar-refractivity contribution is 5.93. The second kappa shape index (κ2) is 11.3. The number of aromatic nitrogens is 2. The van der Waals surface area contributed by atoms with Crippen molar-refractivity contribution in [2.24, 2.45) is 0 Å². The number of carbonyl (C=O) groups is 2. The number of piperidine rings is 1. The van der Waals surface area contributed by atoms with Crippen molar-refractivity contribution in [1.82, 2.24) is 15.3 Å². The Kier molecular flexibility index (Phi) is 7.77. The van der Waals surface area contributed by atoms with Crippen molar-refractivity contribution in [3.05, 3.63) is 77.6 Å². The third-order valence-corrected chi connectivity index (χ3v) is 5.66. The highest BCUT2D eigenvalue weighted by Crippen LogP contribution is 2.29. The molecule has 1 unspecified atom stereocenters. The molecule has 35 heavy (non-hydrogen) atoms. The average molecular weight is 477 g/mol. The third-order valence-electron chi connectivity index (χ3n) is 5.66. The summed E-state index contributed by atoms with van der Waals surface area (Å²) in [5.41, 5.74) is 1.35. The number of carbonyl (C=O) groups excluding carboxylic acids is 1. The molecule has 1 fully saturated rings. The number of rotatable bonds is 9. The summed E-state index contributed by atoms with van der Waals surface area (Å²) in [4.78, 5) is 34.3. The monoisotopic (exact) mass is 476 g/mol. The molecule has 4 rings (SSSR count). The van der Waals surface area contributed by atoms with E-state index in [1.165, 1.54) is 24.5 Å². The molecule has 9 nitrogen and oxygen atoms in total. The minimum Gasteiger partial charge on any atom is -0.490 e. The van der Waals surface area contributed by atoms with Crippen LogP contribution < -0.4 is 19.7 Å². The lowest BCUT2D eigenvalue weighted by atomic mass is 10.1. The van der Waals surface area contributed by atoms with Gasteiger partial charge in [0.2, 0.25) is 5.95 Å². The van der Waals surface area contributed by atoms with Gasteiger partial charge in [0.1, 0.15) is 6.10 Å². The van der Waals surface area contributed by atoms with Crippen LogP contribution >= 0.6 is 0 Å². The van der Waals surface area contributed by atoms with Gasteiger partial charge in [0.25, 0.3) is 5.91 Å². The van der Waals surface area contributed by atoms with Gasteiger partial charge in [0.15, 0.2) is 11.5 Å². The number of carboxylic acids is 1. The van der Waals surface area contributed by atoms with Gasteiger partial charge in [-0.05, 0) is 49.6 Å². The predicted octanol–water partition coefficient (Wildman–Crippen LogP) is 3.55. The number of benzene rings is 2. The van der Waals surface area contributed by atoms with Crippen molar-refractivity contribution in [3.63, 3.8) is 0 Å². The molecule has 0 radical (unpaired) electrons. The second-order valence-corrected chi connectivity index (χ2v) is 8.16. The molecule has 2 N–H and O–H groups in total. The molecule has 2 aromatic carbocycles. The van der Waals surface area contributed by atoms with Crippen LogP contribution in [0.5, 0.6) is 11.5 Å². The Hall–Kier alpha value is -4.14. The summed E-state index contributed by atoms with van der Waals surface area (Å²) >= 11 is 0. The van der Waals surface area contributed by atoms with Crippen molar-refractivity contribution in [3.8, 4) is 11.5 Å². The highest BCUT2D eigenvalue weighted by atomic mass is 16.5. The van der Waals surface area contributed by atoms with Gasteiger partial charge in [0, 0.05) is 25.5 Å². The summed E-state index contributed by atoms with van der Waals surface area (Å²) in [5.74, 6) is 0.728. The van der Waals surface area contributed by atoms with Crippen LogP contribution in [0.25, 0.3) is 0 Å². The van der Waals surface area contributed by atoms with E-state index in [9.17, 15) is 9.59 Å². The Bertz CT molecular complexity index is 1150. The standard InChI is InChI=1S/C26H28N4O5/c1-2-34-22-7-3-4-8-23(22)35-21-6-5-13-30(17-21)26-28-15-20(16-29-26)24(31)27-14-18-9-11-19(12-10-18)25(32)33/h3-4,7-12,15-16,21H,2,5-6,13-14,17H2,1H3,(H,27,31)(H,32,33). The molecule has 1 saturated heterocycles. The van der Waals surface area contributed by atoms with E-state index in [2.05, 4.69) is 20.2 Å². The van der Waals surface area contributed by atoms with Crippen molar-refractivity contribution in [1.29, 1.82) is 0 Å². The van der Waals surface area contributed by atoms with Crippen molar-refractivity contribution in [2.75, 3.05) is 24.6 Å². The van der Waals surface area contributed by atoms with E-state index >= 15 is 0 Å². The number of nitrogens with zero attached hydrogens (tertiary/aromatic N) is 3. The number of anilines is 1. The average Bonchev–Trinajstić information content (AvgIpc) is 2.89. The van der Waals surface area contributed by atoms with Crippen molar-refractivity contribution >= 4 is 17.8 Å². The van der Waals surface area contributed by atoms with E-state index in [1.807, 2.05) is 31.2 Å². The first kappa shape index (κ1) is 24.0. The Balaban J connectivity index is 1.33. The molecule has 1 aromatic heterocycles. The fourth-order valence-corrected chi connectivity index (χ4v) is 3.87. The Morgan fingerprint density at radius 3 is 2.46 bits per heavy atom. The van der Waals surface area contributed by atoms with E-state index in [1.54, 1.807) is 12.1 Å². The Labute approximate surface area is 203 Å². The molecule has 3 aromatic rings. The van der Waals surface area contributed by atoms with Crippen LogP contribution in [0.3, 0.4) is 0 Å². The van der Waals surface area contributed by atoms with Gasteiger partial charge in [0.05, 0.1) is 24.3 Å². The first-order valence-electron chi connectivity index (χ1n) is 11.6. The molecule has 1 aliphatic rings. The summed E-state index contributed by atoms with van der Waals surface area (Å²) in [6.45, 7) is 4.24. The number of carboxylic acid groups (broad SMARTS) is 1. The summed E-state index contributed by atoms with van der Waals surface area (Å²) in [6, 6.07) is 14.0. The molecule has 0 saturated carbocycles. The van der Waals surface area contributed by atoms with E-state index in [0.717, 1.165) is 36.4 Å². The topological polar surface area (TPSA) is 114 Å². The van der Waals surface area contributed by atoms with Gasteiger partial charge in [-0.2, -0.15) is 0 Å². The maximum Gasteiger partial charge on any atom is 0.335 e. The second-order valence-electron chi connectivity index (χ2n) is 8.16. The van der Waals surface area contributed by atoms with Gasteiger partial charge >= 0.3 is 5.97 Å². The molecule has 0 bridgehead atoms. The first-order chi connectivity index (χ1) is 17.0. The molecule has 0 aliphatic carbocycles. The Morgan fingerprint density at radius 2 is 1.77 bits per heavy atom. The number of amides is 1. The number of aromatic carboxylic acids is 1. The number of hydrogen-bond donors (Lipinski definition) is 2. The Morgan fingerprint density at radius 1 is 1.06 bits per heavy atom. The van der Waals surface area contributed by atoms with E-state index in [-0.39, 0.29) is 24.1 Å². The molecule has 2 heterocycles. The van der Waals surface area contributed by atoms with Gasteiger partial charge in [-0.1, -0.05) is 24.3 Å². The zero-order valence-electron chi connectivity index (χ0n) is 19.5. The summed E-state index contributed by atoms with van der Waals surface area (Å²) < 4.78 is 11.9. The van der Waals surface area contributed by atoms with Gasteiger partial charge in [-0.15, -0.1) is 0 Å². The van der Waals surface area contributed by atoms with Crippen LogP contribution in [-0.2, 0) is 6.54 Å². The maximum atomic E-state index is 12.5.